The maximum atomic E-state index is 12.4. The van der Waals surface area contributed by atoms with Crippen LogP contribution in [-0.2, 0) is 17.8 Å². The van der Waals surface area contributed by atoms with Crippen LogP contribution < -0.4 is 15.2 Å². The van der Waals surface area contributed by atoms with Crippen molar-refractivity contribution >= 4 is 23.5 Å². The smallest absolute Gasteiger partial charge is 0.260 e. The number of H-pyrrole nitrogens is 1. The molecule has 0 saturated carbocycles. The van der Waals surface area contributed by atoms with E-state index in [1.165, 1.54) is 0 Å². The van der Waals surface area contributed by atoms with Crippen molar-refractivity contribution in [3.63, 3.8) is 0 Å². The van der Waals surface area contributed by atoms with Crippen molar-refractivity contribution in [2.45, 2.75) is 13.0 Å². The van der Waals surface area contributed by atoms with Crippen LogP contribution in [0.4, 0.5) is 5.95 Å². The summed E-state index contributed by atoms with van der Waals surface area (Å²) in [4.78, 5) is 35.1. The molecule has 25 heavy (non-hydrogen) atoms. The summed E-state index contributed by atoms with van der Waals surface area (Å²) in [5, 5.41) is 0.461. The predicted molar refractivity (Wildman–Crippen MR) is 95.3 cm³/mol. The van der Waals surface area contributed by atoms with E-state index < -0.39 is 0 Å². The largest absolute Gasteiger partial charge is 0.482 e. The quantitative estimate of drug-likeness (QED) is 0.890. The number of anilines is 1. The molecule has 1 N–H and O–H groups in total. The predicted octanol–water partition coefficient (Wildman–Crippen LogP) is 1.45. The van der Waals surface area contributed by atoms with Crippen molar-refractivity contribution in [1.82, 2.24) is 14.9 Å². The second-order valence-electron chi connectivity index (χ2n) is 5.99. The van der Waals surface area contributed by atoms with Crippen molar-refractivity contribution in [3.05, 3.63) is 50.9 Å². The number of hydrogen-bond acceptors (Lipinski definition) is 5. The molecule has 2 heterocycles. The fourth-order valence-corrected chi connectivity index (χ4v) is 2.83. The van der Waals surface area contributed by atoms with Crippen LogP contribution in [0.15, 0.2) is 29.1 Å². The van der Waals surface area contributed by atoms with Gasteiger partial charge in [-0.2, -0.15) is 0 Å². The number of carbonyl (C=O) groups is 1. The summed E-state index contributed by atoms with van der Waals surface area (Å²) < 4.78 is 5.51. The third-order valence-electron chi connectivity index (χ3n) is 4.03. The molecule has 0 aliphatic carbocycles. The van der Waals surface area contributed by atoms with Crippen molar-refractivity contribution in [3.8, 4) is 5.75 Å². The van der Waals surface area contributed by atoms with Gasteiger partial charge in [-0.05, 0) is 18.6 Å². The number of aromatic amines is 1. The Morgan fingerprint density at radius 3 is 2.88 bits per heavy atom. The van der Waals surface area contributed by atoms with Gasteiger partial charge in [0.15, 0.2) is 6.61 Å². The van der Waals surface area contributed by atoms with Crippen LogP contribution in [0.1, 0.15) is 11.3 Å². The summed E-state index contributed by atoms with van der Waals surface area (Å²) in [6.45, 7) is 0.650. The summed E-state index contributed by atoms with van der Waals surface area (Å²) in [5.74, 6) is 0.781. The van der Waals surface area contributed by atoms with Crippen molar-refractivity contribution in [2.75, 3.05) is 32.1 Å². The molecule has 132 valence electrons. The normalized spacial score (nSPS) is 13.3. The number of halogens is 1. The zero-order valence-electron chi connectivity index (χ0n) is 14.1. The Labute approximate surface area is 150 Å². The molecule has 0 atom stereocenters. The molecule has 0 spiro atoms. The van der Waals surface area contributed by atoms with Gasteiger partial charge in [-0.15, -0.1) is 0 Å². The number of hydrogen-bond donors (Lipinski definition) is 1. The van der Waals surface area contributed by atoms with Crippen LogP contribution in [0.2, 0.25) is 5.02 Å². The Morgan fingerprint density at radius 2 is 2.16 bits per heavy atom. The summed E-state index contributed by atoms with van der Waals surface area (Å²) >= 11 is 6.02. The van der Waals surface area contributed by atoms with Crippen molar-refractivity contribution < 1.29 is 9.53 Å². The maximum Gasteiger partial charge on any atom is 0.260 e. The van der Waals surface area contributed by atoms with E-state index in [4.69, 9.17) is 16.3 Å². The molecule has 0 radical (unpaired) electrons. The molecule has 0 fully saturated rings. The molecule has 1 aromatic heterocycles. The standard InChI is InChI=1S/C17H19ClN4O3/c1-21(2)17-19-13-9-22(8-7-11(13)16(24)20-17)15(23)10-25-14-6-4-3-5-12(14)18/h3-6H,7-10H2,1-2H3,(H,19,20,24). The second kappa shape index (κ2) is 7.14. The molecular formula is C17H19ClN4O3. The molecule has 1 amide bonds. The van der Waals surface area contributed by atoms with Crippen LogP contribution in [0.5, 0.6) is 5.75 Å². The Morgan fingerprint density at radius 1 is 1.40 bits per heavy atom. The minimum atomic E-state index is -0.168. The number of nitrogens with zero attached hydrogens (tertiary/aromatic N) is 3. The van der Waals surface area contributed by atoms with E-state index in [2.05, 4.69) is 9.97 Å². The number of fused-ring (bicyclic) bond motifs is 1. The molecule has 0 unspecified atom stereocenters. The van der Waals surface area contributed by atoms with Gasteiger partial charge in [0.2, 0.25) is 5.95 Å². The topological polar surface area (TPSA) is 78.5 Å². The van der Waals surface area contributed by atoms with E-state index in [9.17, 15) is 9.59 Å². The van der Waals surface area contributed by atoms with Crippen LogP contribution in [0.3, 0.4) is 0 Å². The molecule has 8 heteroatoms. The molecule has 2 aromatic rings. The Balaban J connectivity index is 1.70. The number of nitrogens with one attached hydrogen (secondary N) is 1. The minimum absolute atomic E-state index is 0.108. The molecule has 0 saturated heterocycles. The number of aromatic nitrogens is 2. The molecule has 1 aliphatic rings. The number of rotatable bonds is 4. The lowest BCUT2D eigenvalue weighted by molar-refractivity contribution is -0.134. The fraction of sp³-hybridized carbons (Fsp3) is 0.353. The lowest BCUT2D eigenvalue weighted by Crippen LogP contribution is -2.41. The monoisotopic (exact) mass is 362 g/mol. The SMILES string of the molecule is CN(C)c1nc2c(c(=O)[nH]1)CCN(C(=O)COc1ccccc1Cl)C2. The van der Waals surface area contributed by atoms with Gasteiger partial charge < -0.3 is 14.5 Å². The lowest BCUT2D eigenvalue weighted by Gasteiger charge is -2.28. The Bertz CT molecular complexity index is 850. The number of carbonyl (C=O) groups excluding carboxylic acids is 1. The lowest BCUT2D eigenvalue weighted by atomic mass is 10.1. The van der Waals surface area contributed by atoms with Gasteiger partial charge in [0.25, 0.3) is 11.5 Å². The van der Waals surface area contributed by atoms with Gasteiger partial charge in [0.05, 0.1) is 17.3 Å². The van der Waals surface area contributed by atoms with Gasteiger partial charge in [-0.25, -0.2) is 4.98 Å². The average molecular weight is 363 g/mol. The minimum Gasteiger partial charge on any atom is -0.482 e. The van der Waals surface area contributed by atoms with Gasteiger partial charge in [0.1, 0.15) is 5.75 Å². The first kappa shape index (κ1) is 17.3. The number of benzene rings is 1. The molecule has 0 bridgehead atoms. The number of ether oxygens (including phenoxy) is 1. The first-order valence-electron chi connectivity index (χ1n) is 7.90. The van der Waals surface area contributed by atoms with Crippen LogP contribution in [0, 0.1) is 0 Å². The Hall–Kier alpha value is -2.54. The van der Waals surface area contributed by atoms with Gasteiger partial charge in [-0.1, -0.05) is 23.7 Å². The third kappa shape index (κ3) is 3.76. The Kier molecular flexibility index (Phi) is 4.94. The van der Waals surface area contributed by atoms with Crippen molar-refractivity contribution in [1.29, 1.82) is 0 Å². The van der Waals surface area contributed by atoms with E-state index in [1.807, 2.05) is 0 Å². The second-order valence-corrected chi connectivity index (χ2v) is 6.40. The van der Waals surface area contributed by atoms with E-state index in [1.54, 1.807) is 48.2 Å². The summed E-state index contributed by atoms with van der Waals surface area (Å²) in [6, 6.07) is 7.01. The van der Waals surface area contributed by atoms with E-state index in [0.29, 0.717) is 47.5 Å². The highest BCUT2D eigenvalue weighted by atomic mass is 35.5. The van der Waals surface area contributed by atoms with Crippen LogP contribution in [0.25, 0.3) is 0 Å². The van der Waals surface area contributed by atoms with Gasteiger partial charge in [0, 0.05) is 26.2 Å². The molecule has 3 rings (SSSR count). The average Bonchev–Trinajstić information content (AvgIpc) is 2.60. The highest BCUT2D eigenvalue weighted by Crippen LogP contribution is 2.23. The highest BCUT2D eigenvalue weighted by Gasteiger charge is 2.25. The molecular weight excluding hydrogens is 344 g/mol. The molecule has 1 aliphatic heterocycles. The highest BCUT2D eigenvalue weighted by molar-refractivity contribution is 6.32. The first-order valence-corrected chi connectivity index (χ1v) is 8.28. The van der Waals surface area contributed by atoms with Crippen molar-refractivity contribution in [2.24, 2.45) is 0 Å². The van der Waals surface area contributed by atoms with E-state index >= 15 is 0 Å². The van der Waals surface area contributed by atoms with Gasteiger partial charge >= 0.3 is 0 Å². The van der Waals surface area contributed by atoms with Crippen LogP contribution in [-0.4, -0.2) is 48.0 Å². The number of para-hydroxylation sites is 1. The summed E-state index contributed by atoms with van der Waals surface area (Å²) in [5.41, 5.74) is 1.12. The summed E-state index contributed by atoms with van der Waals surface area (Å²) in [6.07, 6.45) is 0.475. The third-order valence-corrected chi connectivity index (χ3v) is 4.34. The fourth-order valence-electron chi connectivity index (χ4n) is 2.64. The number of amides is 1. The maximum absolute atomic E-state index is 12.4. The van der Waals surface area contributed by atoms with Gasteiger partial charge in [-0.3, -0.25) is 14.6 Å². The van der Waals surface area contributed by atoms with E-state index in [-0.39, 0.29) is 18.1 Å². The van der Waals surface area contributed by atoms with E-state index in [0.717, 1.165) is 0 Å². The zero-order chi connectivity index (χ0) is 18.0. The van der Waals surface area contributed by atoms with Crippen LogP contribution >= 0.6 is 11.6 Å². The molecule has 7 nitrogen and oxygen atoms in total. The molecule has 1 aromatic carbocycles. The summed E-state index contributed by atoms with van der Waals surface area (Å²) in [7, 11) is 3.60. The first-order chi connectivity index (χ1) is 12.0. The zero-order valence-corrected chi connectivity index (χ0v) is 14.8.